The number of hydrogen-bond donors (Lipinski definition) is 2. The minimum absolute atomic E-state index is 0.0159. The predicted octanol–water partition coefficient (Wildman–Crippen LogP) is 6.01. The maximum atomic E-state index is 14.9. The van der Waals surface area contributed by atoms with Crippen LogP contribution in [0.25, 0.3) is 0 Å². The van der Waals surface area contributed by atoms with Gasteiger partial charge in [-0.2, -0.15) is 26.3 Å². The van der Waals surface area contributed by atoms with Crippen molar-refractivity contribution in [3.8, 4) is 0 Å². The highest BCUT2D eigenvalue weighted by molar-refractivity contribution is 7.92. The van der Waals surface area contributed by atoms with Crippen LogP contribution in [0.4, 0.5) is 39.9 Å². The van der Waals surface area contributed by atoms with Crippen molar-refractivity contribution >= 4 is 15.9 Å². The van der Waals surface area contributed by atoms with Crippen LogP contribution < -0.4 is 5.32 Å². The van der Waals surface area contributed by atoms with E-state index in [1.807, 2.05) is 0 Å². The number of rotatable bonds is 6. The lowest BCUT2D eigenvalue weighted by molar-refractivity contribution is -0.348. The maximum absolute atomic E-state index is 14.9. The van der Waals surface area contributed by atoms with E-state index >= 15 is 0 Å². The molecular formula is C27H27F8NO5S. The van der Waals surface area contributed by atoms with Crippen LogP contribution in [0.15, 0.2) is 47.4 Å². The molecule has 0 saturated heterocycles. The highest BCUT2D eigenvalue weighted by Crippen LogP contribution is 2.59. The summed E-state index contributed by atoms with van der Waals surface area (Å²) in [5.41, 5.74) is -9.18. The van der Waals surface area contributed by atoms with Crippen molar-refractivity contribution in [2.45, 2.75) is 78.8 Å². The van der Waals surface area contributed by atoms with Crippen LogP contribution in [-0.4, -0.2) is 50.2 Å². The summed E-state index contributed by atoms with van der Waals surface area (Å²) in [6.45, 7) is 2.36. The highest BCUT2D eigenvalue weighted by Gasteiger charge is 2.73. The number of fused-ring (bicyclic) bond motifs is 3. The average molecular weight is 630 g/mol. The number of carbonyl (C=O) groups excluding carboxylic acids is 1. The zero-order valence-corrected chi connectivity index (χ0v) is 23.1. The lowest BCUT2D eigenvalue weighted by atomic mass is 9.74. The van der Waals surface area contributed by atoms with E-state index in [0.29, 0.717) is 6.07 Å². The molecule has 0 radical (unpaired) electrons. The molecule has 2 aliphatic carbocycles. The van der Waals surface area contributed by atoms with Crippen molar-refractivity contribution in [1.82, 2.24) is 5.32 Å². The zero-order valence-electron chi connectivity index (χ0n) is 22.2. The van der Waals surface area contributed by atoms with Gasteiger partial charge in [-0.3, -0.25) is 0 Å². The minimum atomic E-state index is -6.36. The Bertz CT molecular complexity index is 1440. The number of aryl methyl sites for hydroxylation is 1. The van der Waals surface area contributed by atoms with Crippen LogP contribution in [0.2, 0.25) is 0 Å². The standard InChI is InChI=1S/C27H27F8NO5S/c1-23(2,38)14-41-22(37)36-21-11-12-24(42(39,40)18-7-5-17(28)6-8-18)19-10-4-16(13-15(19)3-9-20(21)24)25(29,26(30,31)32)27(33,34)35/h4-8,10,13,20-21,38H,3,9,11-12,14H2,1-2H3,(H,36,37)/t20-,21+,24+/m0/s1. The van der Waals surface area contributed by atoms with Gasteiger partial charge < -0.3 is 15.2 Å². The van der Waals surface area contributed by atoms with Crippen molar-refractivity contribution < 1.29 is 58.2 Å². The van der Waals surface area contributed by atoms with Gasteiger partial charge in [-0.15, -0.1) is 0 Å². The second kappa shape index (κ2) is 10.4. The van der Waals surface area contributed by atoms with Gasteiger partial charge in [0.15, 0.2) is 9.84 Å². The number of hydrogen-bond acceptors (Lipinski definition) is 5. The first-order valence-corrected chi connectivity index (χ1v) is 14.3. The molecule has 1 fully saturated rings. The summed E-state index contributed by atoms with van der Waals surface area (Å²) < 4.78 is 141. The Labute approximate surface area is 236 Å². The topological polar surface area (TPSA) is 92.7 Å². The molecule has 6 nitrogen and oxygen atoms in total. The SMILES string of the molecule is CC(C)(O)COC(=O)N[C@@H]1CC[C@@]2(S(=O)(=O)c3ccc(F)cc3)c3ccc(C(F)(C(F)(F)F)C(F)(F)F)cc3CC[C@@H]12. The molecule has 232 valence electrons. The molecule has 0 aliphatic heterocycles. The number of halogens is 8. The quantitative estimate of drug-likeness (QED) is 0.302. The molecule has 0 spiro atoms. The fraction of sp³-hybridized carbons (Fsp3) is 0.519. The van der Waals surface area contributed by atoms with Crippen molar-refractivity contribution in [3.05, 3.63) is 65.0 Å². The number of sulfone groups is 1. The van der Waals surface area contributed by atoms with Gasteiger partial charge in [-0.05, 0) is 74.9 Å². The first kappa shape index (κ1) is 32.0. The van der Waals surface area contributed by atoms with Gasteiger partial charge in [0.05, 0.1) is 10.5 Å². The van der Waals surface area contributed by atoms with Crippen LogP contribution in [0.3, 0.4) is 0 Å². The third kappa shape index (κ3) is 5.22. The van der Waals surface area contributed by atoms with E-state index in [0.717, 1.165) is 30.3 Å². The molecular weight excluding hydrogens is 602 g/mol. The minimum Gasteiger partial charge on any atom is -0.447 e. The third-order valence-corrected chi connectivity index (χ3v) is 10.4. The van der Waals surface area contributed by atoms with E-state index in [1.54, 1.807) is 0 Å². The average Bonchev–Trinajstić information content (AvgIpc) is 3.25. The summed E-state index contributed by atoms with van der Waals surface area (Å²) in [4.78, 5) is 12.1. The molecule has 15 heteroatoms. The zero-order chi connectivity index (χ0) is 31.5. The molecule has 0 heterocycles. The largest absolute Gasteiger partial charge is 0.447 e. The lowest BCUT2D eigenvalue weighted by Crippen LogP contribution is -2.51. The van der Waals surface area contributed by atoms with Crippen LogP contribution >= 0.6 is 0 Å². The molecule has 42 heavy (non-hydrogen) atoms. The lowest BCUT2D eigenvalue weighted by Gasteiger charge is -2.43. The Hall–Kier alpha value is -2.94. The molecule has 3 atom stereocenters. The van der Waals surface area contributed by atoms with Crippen molar-refractivity contribution in [3.63, 3.8) is 0 Å². The Morgan fingerprint density at radius 1 is 1.00 bits per heavy atom. The molecule has 0 unspecified atom stereocenters. The van der Waals surface area contributed by atoms with E-state index in [2.05, 4.69) is 5.32 Å². The fourth-order valence-electron chi connectivity index (χ4n) is 5.99. The van der Waals surface area contributed by atoms with E-state index in [4.69, 9.17) is 4.74 Å². The van der Waals surface area contributed by atoms with Crippen molar-refractivity contribution in [1.29, 1.82) is 0 Å². The van der Waals surface area contributed by atoms with Crippen molar-refractivity contribution in [2.75, 3.05) is 6.61 Å². The molecule has 2 aromatic rings. The number of carbonyl (C=O) groups is 1. The number of aliphatic hydroxyl groups is 1. The Kier molecular flexibility index (Phi) is 7.88. The van der Waals surface area contributed by atoms with Gasteiger partial charge in [0.2, 0.25) is 0 Å². The number of alkyl halides is 7. The molecule has 1 saturated carbocycles. The van der Waals surface area contributed by atoms with Crippen LogP contribution in [0, 0.1) is 11.7 Å². The number of ether oxygens (including phenoxy) is 1. The number of amides is 1. The van der Waals surface area contributed by atoms with Crippen molar-refractivity contribution in [2.24, 2.45) is 5.92 Å². The monoisotopic (exact) mass is 629 g/mol. The van der Waals surface area contributed by atoms with Crippen LogP contribution in [0.5, 0.6) is 0 Å². The molecule has 2 N–H and O–H groups in total. The van der Waals surface area contributed by atoms with E-state index < -0.39 is 74.2 Å². The predicted molar refractivity (Wildman–Crippen MR) is 132 cm³/mol. The normalized spacial score (nSPS) is 23.2. The number of benzene rings is 2. The molecule has 4 rings (SSSR count). The highest BCUT2D eigenvalue weighted by atomic mass is 32.2. The van der Waals surface area contributed by atoms with E-state index in [1.165, 1.54) is 13.8 Å². The van der Waals surface area contributed by atoms with E-state index in [9.17, 15) is 53.4 Å². The summed E-state index contributed by atoms with van der Waals surface area (Å²) in [5.74, 6) is -1.70. The van der Waals surface area contributed by atoms with E-state index in [-0.39, 0.29) is 47.8 Å². The van der Waals surface area contributed by atoms with Crippen LogP contribution in [-0.2, 0) is 31.4 Å². The van der Waals surface area contributed by atoms with Crippen LogP contribution in [0.1, 0.15) is 49.8 Å². The smallest absolute Gasteiger partial charge is 0.435 e. The van der Waals surface area contributed by atoms with Gasteiger partial charge in [0.1, 0.15) is 17.2 Å². The molecule has 0 bridgehead atoms. The van der Waals surface area contributed by atoms with Gasteiger partial charge >= 0.3 is 24.1 Å². The second-order valence-electron chi connectivity index (χ2n) is 11.2. The first-order chi connectivity index (χ1) is 19.1. The Morgan fingerprint density at radius 3 is 2.14 bits per heavy atom. The van der Waals surface area contributed by atoms with Gasteiger partial charge in [-0.1, -0.05) is 18.2 Å². The maximum Gasteiger partial charge on any atom is 0.435 e. The summed E-state index contributed by atoms with van der Waals surface area (Å²) in [6.07, 6.45) is -14.2. The molecule has 1 amide bonds. The summed E-state index contributed by atoms with van der Waals surface area (Å²) in [7, 11) is -4.54. The summed E-state index contributed by atoms with van der Waals surface area (Å²) >= 11 is 0. The summed E-state index contributed by atoms with van der Waals surface area (Å²) in [5, 5.41) is 12.4. The third-order valence-electron chi connectivity index (χ3n) is 7.84. The number of alkyl carbamates (subject to hydrolysis) is 1. The van der Waals surface area contributed by atoms with Gasteiger partial charge in [0, 0.05) is 17.5 Å². The Balaban J connectivity index is 1.85. The van der Waals surface area contributed by atoms with Gasteiger partial charge in [-0.25, -0.2) is 22.0 Å². The summed E-state index contributed by atoms with van der Waals surface area (Å²) in [6, 6.07) is 4.30. The fourth-order valence-corrected chi connectivity index (χ4v) is 8.46. The van der Waals surface area contributed by atoms with Gasteiger partial charge in [0.25, 0.3) is 0 Å². The first-order valence-electron chi connectivity index (χ1n) is 12.8. The molecule has 2 aliphatic rings. The number of nitrogens with one attached hydrogen (secondary N) is 1. The second-order valence-corrected chi connectivity index (χ2v) is 13.4. The molecule has 0 aromatic heterocycles. The molecule has 2 aromatic carbocycles. The Morgan fingerprint density at radius 2 is 1.60 bits per heavy atom.